The van der Waals surface area contributed by atoms with Crippen molar-refractivity contribution in [3.63, 3.8) is 0 Å². The molecule has 0 radical (unpaired) electrons. The van der Waals surface area contributed by atoms with Crippen LogP contribution < -0.4 is 10.6 Å². The third kappa shape index (κ3) is 3.38. The maximum absolute atomic E-state index is 13.4. The van der Waals surface area contributed by atoms with E-state index in [0.29, 0.717) is 17.4 Å². The molecule has 1 aromatic carbocycles. The smallest absolute Gasteiger partial charge is 0.255 e. The molecule has 30 heavy (non-hydrogen) atoms. The van der Waals surface area contributed by atoms with Gasteiger partial charge in [0, 0.05) is 57.4 Å². The number of carbonyl (C=O) groups is 2. The number of fused-ring (bicyclic) bond motifs is 3. The zero-order valence-electron chi connectivity index (χ0n) is 17.7. The molecular weight excluding hydrogens is 380 g/mol. The summed E-state index contributed by atoms with van der Waals surface area (Å²) in [6, 6.07) is 7.72. The average Bonchev–Trinajstić information content (AvgIpc) is 2.78. The van der Waals surface area contributed by atoms with E-state index in [4.69, 9.17) is 4.74 Å². The minimum atomic E-state index is -0.399. The van der Waals surface area contributed by atoms with Gasteiger partial charge in [-0.15, -0.1) is 0 Å². The van der Waals surface area contributed by atoms with Gasteiger partial charge in [0.15, 0.2) is 0 Å². The molecule has 162 valence electrons. The number of hydrogen-bond donors (Lipinski definition) is 2. The van der Waals surface area contributed by atoms with Gasteiger partial charge in [0.05, 0.1) is 12.2 Å². The minimum Gasteiger partial charge on any atom is -0.383 e. The highest BCUT2D eigenvalue weighted by Gasteiger charge is 2.55. The van der Waals surface area contributed by atoms with Gasteiger partial charge in [-0.1, -0.05) is 12.1 Å². The zero-order chi connectivity index (χ0) is 20.7. The number of hydrogen-bond acceptors (Lipinski definition) is 5. The van der Waals surface area contributed by atoms with E-state index in [-0.39, 0.29) is 17.7 Å². The molecule has 5 aliphatic rings. The SMILES string of the molecule is COCCN1CCN(C(=O)C2CC3CCC2C[C@@]32NC(=O)c3ccccc3N2)CC1. The quantitative estimate of drug-likeness (QED) is 0.789. The number of piperazine rings is 1. The Morgan fingerprint density at radius 2 is 1.97 bits per heavy atom. The fraction of sp³-hybridized carbons (Fsp3) is 0.652. The highest BCUT2D eigenvalue weighted by molar-refractivity contribution is 6.02. The maximum Gasteiger partial charge on any atom is 0.255 e. The van der Waals surface area contributed by atoms with Crippen LogP contribution in [0.25, 0.3) is 0 Å². The van der Waals surface area contributed by atoms with E-state index in [2.05, 4.69) is 20.4 Å². The molecular formula is C23H32N4O3. The maximum atomic E-state index is 13.4. The van der Waals surface area contributed by atoms with Crippen LogP contribution in [0.3, 0.4) is 0 Å². The Morgan fingerprint density at radius 3 is 2.70 bits per heavy atom. The van der Waals surface area contributed by atoms with Crippen LogP contribution in [-0.2, 0) is 9.53 Å². The lowest BCUT2D eigenvalue weighted by Gasteiger charge is -2.57. The van der Waals surface area contributed by atoms with Crippen LogP contribution in [-0.4, -0.2) is 73.7 Å². The summed E-state index contributed by atoms with van der Waals surface area (Å²) in [5.74, 6) is 1.04. The number of amides is 2. The first kappa shape index (κ1) is 19.8. The highest BCUT2D eigenvalue weighted by atomic mass is 16.5. The van der Waals surface area contributed by atoms with E-state index in [1.54, 1.807) is 7.11 Å². The van der Waals surface area contributed by atoms with Crippen molar-refractivity contribution < 1.29 is 14.3 Å². The van der Waals surface area contributed by atoms with Crippen LogP contribution in [0.15, 0.2) is 24.3 Å². The molecule has 0 aromatic heterocycles. The summed E-state index contributed by atoms with van der Waals surface area (Å²) in [6.07, 6.45) is 3.84. The normalized spacial score (nSPS) is 33.2. The van der Waals surface area contributed by atoms with Crippen molar-refractivity contribution in [2.75, 3.05) is 51.8 Å². The minimum absolute atomic E-state index is 0.00644. The fourth-order valence-electron chi connectivity index (χ4n) is 6.09. The average molecular weight is 413 g/mol. The number of para-hydroxylation sites is 1. The summed E-state index contributed by atoms with van der Waals surface area (Å²) in [5, 5.41) is 6.95. The molecule has 3 unspecified atom stereocenters. The summed E-state index contributed by atoms with van der Waals surface area (Å²) in [7, 11) is 1.73. The van der Waals surface area contributed by atoms with Gasteiger partial charge in [0.1, 0.15) is 5.66 Å². The first-order valence-electron chi connectivity index (χ1n) is 11.3. The number of rotatable bonds is 4. The lowest BCUT2D eigenvalue weighted by molar-refractivity contribution is -0.145. The third-order valence-electron chi connectivity index (χ3n) is 7.75. The van der Waals surface area contributed by atoms with Crippen LogP contribution in [0.1, 0.15) is 36.0 Å². The number of methoxy groups -OCH3 is 1. The summed E-state index contributed by atoms with van der Waals surface area (Å²) in [4.78, 5) is 30.6. The Labute approximate surface area is 178 Å². The zero-order valence-corrected chi connectivity index (χ0v) is 17.7. The summed E-state index contributed by atoms with van der Waals surface area (Å²) < 4.78 is 5.17. The Kier molecular flexibility index (Phi) is 5.19. The lowest BCUT2D eigenvalue weighted by atomic mass is 9.58. The Hall–Kier alpha value is -2.12. The third-order valence-corrected chi connectivity index (χ3v) is 7.75. The van der Waals surface area contributed by atoms with Gasteiger partial charge < -0.3 is 20.3 Å². The Bertz CT molecular complexity index is 822. The standard InChI is InChI=1S/C23H32N4O3/c1-30-13-12-26-8-10-27(11-9-26)22(29)19-14-17-7-6-16(19)15-23(17)24-20-5-3-2-4-18(20)21(28)25-23/h2-5,16-17,19,24H,6-15H2,1H3,(H,25,28)/t16?,17?,19?,23-/m1/s1. The lowest BCUT2D eigenvalue weighted by Crippen LogP contribution is -2.68. The summed E-state index contributed by atoms with van der Waals surface area (Å²) >= 11 is 0. The van der Waals surface area contributed by atoms with Gasteiger partial charge in [-0.25, -0.2) is 0 Å². The number of ether oxygens (including phenoxy) is 1. The molecule has 4 atom stereocenters. The highest BCUT2D eigenvalue weighted by Crippen LogP contribution is 2.52. The van der Waals surface area contributed by atoms with Crippen molar-refractivity contribution in [3.05, 3.63) is 29.8 Å². The second-order valence-corrected chi connectivity index (χ2v) is 9.34. The van der Waals surface area contributed by atoms with Crippen molar-refractivity contribution in [2.45, 2.75) is 31.3 Å². The van der Waals surface area contributed by atoms with Gasteiger partial charge in [0.2, 0.25) is 5.91 Å². The molecule has 2 aliphatic heterocycles. The second kappa shape index (κ2) is 7.85. The van der Waals surface area contributed by atoms with Crippen molar-refractivity contribution in [1.82, 2.24) is 15.1 Å². The summed E-state index contributed by atoms with van der Waals surface area (Å²) in [5.41, 5.74) is 1.23. The largest absolute Gasteiger partial charge is 0.383 e. The predicted octanol–water partition coefficient (Wildman–Crippen LogP) is 1.76. The molecule has 2 N–H and O–H groups in total. The van der Waals surface area contributed by atoms with E-state index in [1.165, 1.54) is 0 Å². The van der Waals surface area contributed by atoms with Gasteiger partial charge in [0.25, 0.3) is 5.91 Å². The van der Waals surface area contributed by atoms with Crippen LogP contribution >= 0.6 is 0 Å². The van der Waals surface area contributed by atoms with Gasteiger partial charge in [-0.2, -0.15) is 0 Å². The first-order valence-corrected chi connectivity index (χ1v) is 11.3. The van der Waals surface area contributed by atoms with Crippen molar-refractivity contribution in [3.8, 4) is 0 Å². The van der Waals surface area contributed by atoms with Crippen LogP contribution in [0.5, 0.6) is 0 Å². The topological polar surface area (TPSA) is 73.9 Å². The van der Waals surface area contributed by atoms with Crippen molar-refractivity contribution >= 4 is 17.5 Å². The van der Waals surface area contributed by atoms with Gasteiger partial charge >= 0.3 is 0 Å². The number of anilines is 1. The first-order chi connectivity index (χ1) is 14.6. The molecule has 7 heteroatoms. The fourth-order valence-corrected chi connectivity index (χ4v) is 6.09. The molecule has 2 heterocycles. The predicted molar refractivity (Wildman–Crippen MR) is 114 cm³/mol. The monoisotopic (exact) mass is 412 g/mol. The van der Waals surface area contributed by atoms with Crippen molar-refractivity contribution in [1.29, 1.82) is 0 Å². The van der Waals surface area contributed by atoms with Crippen LogP contribution in [0.4, 0.5) is 5.69 Å². The van der Waals surface area contributed by atoms with E-state index >= 15 is 0 Å². The Balaban J connectivity index is 1.25. The molecule has 4 fully saturated rings. The van der Waals surface area contributed by atoms with Crippen molar-refractivity contribution in [2.24, 2.45) is 17.8 Å². The molecule has 1 aromatic rings. The molecule has 6 rings (SSSR count). The number of carbonyl (C=O) groups excluding carboxylic acids is 2. The Morgan fingerprint density at radius 1 is 1.17 bits per heavy atom. The van der Waals surface area contributed by atoms with Gasteiger partial charge in [-0.05, 0) is 43.7 Å². The van der Waals surface area contributed by atoms with E-state index in [0.717, 1.165) is 70.7 Å². The second-order valence-electron chi connectivity index (χ2n) is 9.34. The number of nitrogens with zero attached hydrogens (tertiary/aromatic N) is 2. The molecule has 3 saturated carbocycles. The van der Waals surface area contributed by atoms with Crippen LogP contribution in [0, 0.1) is 17.8 Å². The molecule has 7 nitrogen and oxygen atoms in total. The molecule has 1 saturated heterocycles. The van der Waals surface area contributed by atoms with E-state index in [9.17, 15) is 9.59 Å². The summed E-state index contributed by atoms with van der Waals surface area (Å²) in [6.45, 7) is 5.14. The van der Waals surface area contributed by atoms with Gasteiger partial charge in [-0.3, -0.25) is 14.5 Å². The van der Waals surface area contributed by atoms with E-state index in [1.807, 2.05) is 24.3 Å². The molecule has 2 bridgehead atoms. The molecule has 1 spiro atoms. The number of benzene rings is 1. The van der Waals surface area contributed by atoms with Crippen LogP contribution in [0.2, 0.25) is 0 Å². The van der Waals surface area contributed by atoms with E-state index < -0.39 is 5.66 Å². The number of nitrogens with one attached hydrogen (secondary N) is 2. The molecule has 2 amide bonds. The molecule has 3 aliphatic carbocycles.